The Morgan fingerprint density at radius 1 is 1.06 bits per heavy atom. The van der Waals surface area contributed by atoms with Crippen LogP contribution < -0.4 is 10.6 Å². The minimum atomic E-state index is -0.991. The van der Waals surface area contributed by atoms with E-state index in [-0.39, 0.29) is 18.9 Å². The van der Waals surface area contributed by atoms with Crippen LogP contribution in [-0.4, -0.2) is 41.8 Å². The van der Waals surface area contributed by atoms with E-state index < -0.39 is 30.1 Å². The second-order valence-corrected chi connectivity index (χ2v) is 8.10. The Morgan fingerprint density at radius 3 is 2.21 bits per heavy atom. The fourth-order valence-corrected chi connectivity index (χ4v) is 4.15. The van der Waals surface area contributed by atoms with Gasteiger partial charge >= 0.3 is 12.1 Å². The largest absolute Gasteiger partial charge is 0.481 e. The van der Waals surface area contributed by atoms with Crippen molar-refractivity contribution in [3.8, 4) is 11.1 Å². The molecular formula is C26H30N2O5. The van der Waals surface area contributed by atoms with Crippen LogP contribution in [0, 0.1) is 0 Å². The van der Waals surface area contributed by atoms with Crippen molar-refractivity contribution in [2.24, 2.45) is 0 Å². The van der Waals surface area contributed by atoms with Crippen LogP contribution in [0.2, 0.25) is 0 Å². The molecule has 33 heavy (non-hydrogen) atoms. The number of alkyl carbamates (subject to hydrolysis) is 1. The number of rotatable bonds is 11. The van der Waals surface area contributed by atoms with Crippen molar-refractivity contribution in [3.05, 3.63) is 72.3 Å². The minimum absolute atomic E-state index is 0.0800. The van der Waals surface area contributed by atoms with Gasteiger partial charge in [0.15, 0.2) is 0 Å². The maximum Gasteiger partial charge on any atom is 0.407 e. The fraction of sp³-hybridized carbons (Fsp3) is 0.346. The van der Waals surface area contributed by atoms with E-state index in [1.165, 1.54) is 0 Å². The number of carboxylic acid groups (broad SMARTS) is 1. The highest BCUT2D eigenvalue weighted by molar-refractivity contribution is 5.86. The van der Waals surface area contributed by atoms with Crippen molar-refractivity contribution in [2.45, 2.75) is 50.6 Å². The van der Waals surface area contributed by atoms with E-state index in [4.69, 9.17) is 9.84 Å². The van der Waals surface area contributed by atoms with Gasteiger partial charge in [0.2, 0.25) is 5.91 Å². The summed E-state index contributed by atoms with van der Waals surface area (Å²) in [6.45, 7) is 5.61. The van der Waals surface area contributed by atoms with Gasteiger partial charge in [-0.1, -0.05) is 61.5 Å². The zero-order valence-corrected chi connectivity index (χ0v) is 18.8. The summed E-state index contributed by atoms with van der Waals surface area (Å²) in [6, 6.07) is 14.8. The quantitative estimate of drug-likeness (QED) is 0.445. The number of carbonyl (C=O) groups is 3. The molecule has 3 rings (SSSR count). The average Bonchev–Trinajstić information content (AvgIpc) is 3.13. The lowest BCUT2D eigenvalue weighted by Gasteiger charge is -2.22. The van der Waals surface area contributed by atoms with Crippen LogP contribution in [0.15, 0.2) is 61.2 Å². The SMILES string of the molecule is C=CCCC(NC(=O)OCC1c2ccccc2-c2ccccc21)C(=O)N[C@@H](CC)CC(=O)O. The molecule has 0 radical (unpaired) electrons. The molecule has 7 heteroatoms. The van der Waals surface area contributed by atoms with Gasteiger partial charge < -0.3 is 20.5 Å². The third-order valence-corrected chi connectivity index (χ3v) is 5.87. The summed E-state index contributed by atoms with van der Waals surface area (Å²) in [6.07, 6.45) is 2.11. The molecule has 2 aromatic carbocycles. The summed E-state index contributed by atoms with van der Waals surface area (Å²) in [5.74, 6) is -1.50. The molecule has 0 fully saturated rings. The number of benzene rings is 2. The van der Waals surface area contributed by atoms with Crippen molar-refractivity contribution in [1.82, 2.24) is 10.6 Å². The van der Waals surface area contributed by atoms with Crippen molar-refractivity contribution in [3.63, 3.8) is 0 Å². The van der Waals surface area contributed by atoms with Gasteiger partial charge in [-0.3, -0.25) is 9.59 Å². The van der Waals surface area contributed by atoms with Gasteiger partial charge in [-0.05, 0) is 41.5 Å². The molecule has 1 unspecified atom stereocenters. The van der Waals surface area contributed by atoms with Crippen LogP contribution in [0.25, 0.3) is 11.1 Å². The number of carboxylic acids is 1. The smallest absolute Gasteiger partial charge is 0.407 e. The summed E-state index contributed by atoms with van der Waals surface area (Å²) in [7, 11) is 0. The molecule has 0 bridgehead atoms. The molecule has 2 amide bonds. The fourth-order valence-electron chi connectivity index (χ4n) is 4.15. The highest BCUT2D eigenvalue weighted by atomic mass is 16.5. The number of ether oxygens (including phenoxy) is 1. The van der Waals surface area contributed by atoms with Crippen molar-refractivity contribution in [1.29, 1.82) is 0 Å². The van der Waals surface area contributed by atoms with Gasteiger partial charge in [0.05, 0.1) is 6.42 Å². The second-order valence-electron chi connectivity index (χ2n) is 8.10. The van der Waals surface area contributed by atoms with Crippen LogP contribution in [0.4, 0.5) is 4.79 Å². The first-order valence-electron chi connectivity index (χ1n) is 11.2. The Kier molecular flexibility index (Phi) is 8.24. The third kappa shape index (κ3) is 6.00. The van der Waals surface area contributed by atoms with Crippen LogP contribution in [-0.2, 0) is 14.3 Å². The molecule has 0 spiro atoms. The first-order valence-corrected chi connectivity index (χ1v) is 11.2. The number of carbonyl (C=O) groups excluding carboxylic acids is 2. The number of fused-ring (bicyclic) bond motifs is 3. The predicted molar refractivity (Wildman–Crippen MR) is 126 cm³/mol. The molecule has 2 atom stereocenters. The monoisotopic (exact) mass is 450 g/mol. The molecule has 7 nitrogen and oxygen atoms in total. The Hall–Kier alpha value is -3.61. The van der Waals surface area contributed by atoms with Crippen molar-refractivity contribution >= 4 is 18.0 Å². The minimum Gasteiger partial charge on any atom is -0.481 e. The number of hydrogen-bond acceptors (Lipinski definition) is 4. The number of amides is 2. The van der Waals surface area contributed by atoms with Gasteiger partial charge in [0.1, 0.15) is 12.6 Å². The number of allylic oxidation sites excluding steroid dienone is 1. The van der Waals surface area contributed by atoms with Crippen LogP contribution in [0.5, 0.6) is 0 Å². The summed E-state index contributed by atoms with van der Waals surface area (Å²) in [5, 5.41) is 14.4. The molecule has 0 saturated heterocycles. The van der Waals surface area contributed by atoms with E-state index in [0.29, 0.717) is 19.3 Å². The van der Waals surface area contributed by atoms with Gasteiger partial charge in [0, 0.05) is 12.0 Å². The normalized spacial score (nSPS) is 13.8. The summed E-state index contributed by atoms with van der Waals surface area (Å²) in [4.78, 5) is 36.3. The molecule has 0 heterocycles. The molecular weight excluding hydrogens is 420 g/mol. The highest BCUT2D eigenvalue weighted by Crippen LogP contribution is 2.44. The van der Waals surface area contributed by atoms with Gasteiger partial charge in [-0.25, -0.2) is 4.79 Å². The lowest BCUT2D eigenvalue weighted by atomic mass is 9.98. The van der Waals surface area contributed by atoms with E-state index in [1.54, 1.807) is 13.0 Å². The Bertz CT molecular complexity index is 974. The predicted octanol–water partition coefficient (Wildman–Crippen LogP) is 4.23. The first kappa shape index (κ1) is 24.0. The Labute approximate surface area is 193 Å². The lowest BCUT2D eigenvalue weighted by molar-refractivity contribution is -0.137. The zero-order chi connectivity index (χ0) is 23.8. The van der Waals surface area contributed by atoms with Crippen LogP contribution in [0.3, 0.4) is 0 Å². The summed E-state index contributed by atoms with van der Waals surface area (Å²) in [5.41, 5.74) is 4.47. The van der Waals surface area contributed by atoms with E-state index >= 15 is 0 Å². The molecule has 3 N–H and O–H groups in total. The van der Waals surface area contributed by atoms with Gasteiger partial charge in [-0.15, -0.1) is 6.58 Å². The Balaban J connectivity index is 1.64. The summed E-state index contributed by atoms with van der Waals surface area (Å²) < 4.78 is 5.55. The van der Waals surface area contributed by atoms with E-state index in [9.17, 15) is 14.4 Å². The number of nitrogens with one attached hydrogen (secondary N) is 2. The topological polar surface area (TPSA) is 105 Å². The first-order chi connectivity index (χ1) is 15.9. The number of hydrogen-bond donors (Lipinski definition) is 3. The van der Waals surface area contributed by atoms with Crippen molar-refractivity contribution in [2.75, 3.05) is 6.61 Å². The molecule has 1 aliphatic rings. The maximum absolute atomic E-state index is 12.7. The van der Waals surface area contributed by atoms with E-state index in [2.05, 4.69) is 29.3 Å². The van der Waals surface area contributed by atoms with Crippen LogP contribution >= 0.6 is 0 Å². The van der Waals surface area contributed by atoms with Gasteiger partial charge in [-0.2, -0.15) is 0 Å². The number of aliphatic carboxylic acids is 1. The average molecular weight is 451 g/mol. The molecule has 0 aromatic heterocycles. The standard InChI is InChI=1S/C26H30N2O5/c1-3-5-14-23(25(31)27-17(4-2)15-24(29)30)28-26(32)33-16-22-20-12-8-6-10-18(20)19-11-7-9-13-21(19)22/h3,6-13,17,22-23H,1,4-5,14-16H2,2H3,(H,27,31)(H,28,32)(H,29,30)/t17-,23?/m0/s1. The van der Waals surface area contributed by atoms with E-state index in [1.807, 2.05) is 36.4 Å². The maximum atomic E-state index is 12.7. The molecule has 2 aromatic rings. The second kappa shape index (κ2) is 11.3. The van der Waals surface area contributed by atoms with Crippen molar-refractivity contribution < 1.29 is 24.2 Å². The lowest BCUT2D eigenvalue weighted by Crippen LogP contribution is -2.50. The zero-order valence-electron chi connectivity index (χ0n) is 18.8. The Morgan fingerprint density at radius 2 is 1.67 bits per heavy atom. The molecule has 0 saturated carbocycles. The van der Waals surface area contributed by atoms with E-state index in [0.717, 1.165) is 22.3 Å². The molecule has 1 aliphatic carbocycles. The highest BCUT2D eigenvalue weighted by Gasteiger charge is 2.30. The molecule has 174 valence electrons. The summed E-state index contributed by atoms with van der Waals surface area (Å²) >= 11 is 0. The third-order valence-electron chi connectivity index (χ3n) is 5.87. The molecule has 0 aliphatic heterocycles. The van der Waals surface area contributed by atoms with Crippen LogP contribution in [0.1, 0.15) is 49.7 Å². The van der Waals surface area contributed by atoms with Gasteiger partial charge in [0.25, 0.3) is 0 Å².